The van der Waals surface area contributed by atoms with Crippen molar-refractivity contribution < 1.29 is 15.3 Å². The molecule has 0 heterocycles. The zero-order valence-electron chi connectivity index (χ0n) is 11.4. The minimum Gasteiger partial charge on any atom is -0.394 e. The highest BCUT2D eigenvalue weighted by atomic mass is 79.9. The summed E-state index contributed by atoms with van der Waals surface area (Å²) in [5, 5.41) is 31.9. The Balaban J connectivity index is 2.26. The number of nitrogens with one attached hydrogen (secondary N) is 1. The van der Waals surface area contributed by atoms with Crippen molar-refractivity contribution in [3.63, 3.8) is 0 Å². The molecule has 112 valence electrons. The van der Waals surface area contributed by atoms with Crippen molar-refractivity contribution in [2.24, 2.45) is 0 Å². The summed E-state index contributed by atoms with van der Waals surface area (Å²) in [5.41, 5.74) is 2.23. The van der Waals surface area contributed by atoms with Crippen LogP contribution in [-0.4, -0.2) is 34.6 Å². The molecule has 0 aliphatic heterocycles. The average Bonchev–Trinajstić information content (AvgIpc) is 2.53. The molecule has 4 N–H and O–H groups in total. The topological polar surface area (TPSA) is 72.7 Å². The fourth-order valence-electron chi connectivity index (χ4n) is 2.03. The zero-order valence-corrected chi connectivity index (χ0v) is 13.0. The molecule has 5 heteroatoms. The Kier molecular flexibility index (Phi) is 5.76. The first-order valence-electron chi connectivity index (χ1n) is 6.67. The van der Waals surface area contributed by atoms with E-state index >= 15 is 0 Å². The van der Waals surface area contributed by atoms with Gasteiger partial charge < -0.3 is 20.6 Å². The fourth-order valence-corrected chi connectivity index (χ4v) is 2.41. The second kappa shape index (κ2) is 7.56. The molecular weight excluding hydrogens is 334 g/mol. The number of benzene rings is 2. The summed E-state index contributed by atoms with van der Waals surface area (Å²) in [4.78, 5) is 0. The number of hydrogen-bond acceptors (Lipinski definition) is 4. The second-order valence-corrected chi connectivity index (χ2v) is 5.68. The number of rotatable bonds is 6. The van der Waals surface area contributed by atoms with E-state index in [2.05, 4.69) is 21.2 Å². The normalized spacial score (nSPS) is 13.7. The highest BCUT2D eigenvalue weighted by Crippen LogP contribution is 2.30. The first-order chi connectivity index (χ1) is 10.1. The number of hydrogen-bond donors (Lipinski definition) is 4. The van der Waals surface area contributed by atoms with E-state index in [4.69, 9.17) is 5.11 Å². The number of anilines is 1. The first-order valence-corrected chi connectivity index (χ1v) is 7.46. The number of halogens is 1. The molecule has 0 saturated carbocycles. The third-order valence-corrected chi connectivity index (χ3v) is 3.66. The van der Waals surface area contributed by atoms with E-state index < -0.39 is 12.2 Å². The maximum Gasteiger partial charge on any atom is 0.106 e. The molecule has 21 heavy (non-hydrogen) atoms. The largest absolute Gasteiger partial charge is 0.394 e. The molecule has 2 atom stereocenters. The van der Waals surface area contributed by atoms with E-state index in [-0.39, 0.29) is 13.2 Å². The lowest BCUT2D eigenvalue weighted by molar-refractivity contribution is 0.105. The highest BCUT2D eigenvalue weighted by Gasteiger charge is 2.15. The van der Waals surface area contributed by atoms with Crippen LogP contribution >= 0.6 is 15.9 Å². The van der Waals surface area contributed by atoms with Gasteiger partial charge in [0.1, 0.15) is 6.10 Å². The predicted octanol–water partition coefficient (Wildman–Crippen LogP) is 2.30. The second-order valence-electron chi connectivity index (χ2n) is 4.76. The molecule has 0 saturated heterocycles. The van der Waals surface area contributed by atoms with E-state index in [1.807, 2.05) is 48.5 Å². The van der Waals surface area contributed by atoms with E-state index in [0.717, 1.165) is 15.7 Å². The molecule has 4 nitrogen and oxygen atoms in total. The van der Waals surface area contributed by atoms with Gasteiger partial charge in [0.05, 0.1) is 12.7 Å². The molecule has 0 aromatic heterocycles. The van der Waals surface area contributed by atoms with Gasteiger partial charge in [-0.1, -0.05) is 46.3 Å². The molecule has 0 bridgehead atoms. The van der Waals surface area contributed by atoms with E-state index in [0.29, 0.717) is 5.56 Å². The number of aliphatic hydroxyl groups excluding tert-OH is 3. The van der Waals surface area contributed by atoms with Gasteiger partial charge in [0.15, 0.2) is 0 Å². The molecule has 2 aromatic rings. The SMILES string of the molecule is OCC(O)CNc1ccc(Br)cc1C(O)c1ccccc1. The van der Waals surface area contributed by atoms with Crippen molar-refractivity contribution in [1.82, 2.24) is 0 Å². The van der Waals surface area contributed by atoms with Crippen molar-refractivity contribution >= 4 is 21.6 Å². The lowest BCUT2D eigenvalue weighted by Gasteiger charge is -2.19. The molecule has 0 radical (unpaired) electrons. The van der Waals surface area contributed by atoms with Gasteiger partial charge in [0.2, 0.25) is 0 Å². The van der Waals surface area contributed by atoms with Crippen LogP contribution < -0.4 is 5.32 Å². The van der Waals surface area contributed by atoms with Gasteiger partial charge in [-0.25, -0.2) is 0 Å². The van der Waals surface area contributed by atoms with Crippen molar-refractivity contribution in [1.29, 1.82) is 0 Å². The molecule has 2 rings (SSSR count). The van der Waals surface area contributed by atoms with E-state index in [1.165, 1.54) is 0 Å². The van der Waals surface area contributed by atoms with E-state index in [1.54, 1.807) is 0 Å². The summed E-state index contributed by atoms with van der Waals surface area (Å²) in [6, 6.07) is 14.9. The zero-order chi connectivity index (χ0) is 15.2. The summed E-state index contributed by atoms with van der Waals surface area (Å²) in [6.45, 7) is -0.0905. The molecule has 0 spiro atoms. The maximum atomic E-state index is 10.5. The summed E-state index contributed by atoms with van der Waals surface area (Å²) >= 11 is 3.40. The fraction of sp³-hybridized carbons (Fsp3) is 0.250. The standard InChI is InChI=1S/C16H18BrNO3/c17-12-6-7-15(18-9-13(20)10-19)14(8-12)16(21)11-4-2-1-3-5-11/h1-8,13,16,18-21H,9-10H2. The van der Waals surface area contributed by atoms with Crippen LogP contribution in [0.1, 0.15) is 17.2 Å². The average molecular weight is 352 g/mol. The molecule has 0 aliphatic carbocycles. The highest BCUT2D eigenvalue weighted by molar-refractivity contribution is 9.10. The van der Waals surface area contributed by atoms with Crippen LogP contribution in [0.3, 0.4) is 0 Å². The predicted molar refractivity (Wildman–Crippen MR) is 86.2 cm³/mol. The van der Waals surface area contributed by atoms with Gasteiger partial charge in [-0.3, -0.25) is 0 Å². The first kappa shape index (κ1) is 16.0. The van der Waals surface area contributed by atoms with Crippen molar-refractivity contribution in [2.75, 3.05) is 18.5 Å². The monoisotopic (exact) mass is 351 g/mol. The molecule has 0 aliphatic rings. The maximum absolute atomic E-state index is 10.5. The van der Waals surface area contributed by atoms with E-state index in [9.17, 15) is 10.2 Å². The molecule has 2 unspecified atom stereocenters. The Morgan fingerprint density at radius 2 is 1.76 bits per heavy atom. The minimum atomic E-state index is -0.838. The van der Waals surface area contributed by atoms with Crippen LogP contribution in [0.15, 0.2) is 53.0 Å². The molecule has 0 amide bonds. The Bertz CT molecular complexity index is 577. The van der Waals surface area contributed by atoms with Crippen LogP contribution in [0.5, 0.6) is 0 Å². The summed E-state index contributed by atoms with van der Waals surface area (Å²) in [7, 11) is 0. The summed E-state index contributed by atoms with van der Waals surface area (Å²) in [6.07, 6.45) is -1.60. The van der Waals surface area contributed by atoms with Crippen molar-refractivity contribution in [2.45, 2.75) is 12.2 Å². The van der Waals surface area contributed by atoms with Gasteiger partial charge >= 0.3 is 0 Å². The molecule has 2 aromatic carbocycles. The number of aliphatic hydroxyl groups is 3. The summed E-state index contributed by atoms with van der Waals surface area (Å²) < 4.78 is 0.862. The lowest BCUT2D eigenvalue weighted by atomic mass is 10.00. The van der Waals surface area contributed by atoms with Gasteiger partial charge in [0, 0.05) is 22.3 Å². The van der Waals surface area contributed by atoms with Gasteiger partial charge in [-0.2, -0.15) is 0 Å². The molecule has 0 fully saturated rings. The van der Waals surface area contributed by atoms with Crippen LogP contribution in [0, 0.1) is 0 Å². The van der Waals surface area contributed by atoms with Gasteiger partial charge in [0.25, 0.3) is 0 Å². The Labute approximate surface area is 132 Å². The smallest absolute Gasteiger partial charge is 0.106 e. The Morgan fingerprint density at radius 3 is 2.43 bits per heavy atom. The van der Waals surface area contributed by atoms with Crippen molar-refractivity contribution in [3.05, 3.63) is 64.1 Å². The molecular formula is C16H18BrNO3. The van der Waals surface area contributed by atoms with Crippen molar-refractivity contribution in [3.8, 4) is 0 Å². The van der Waals surface area contributed by atoms with Crippen LogP contribution in [0.4, 0.5) is 5.69 Å². The minimum absolute atomic E-state index is 0.215. The Morgan fingerprint density at radius 1 is 1.05 bits per heavy atom. The quantitative estimate of drug-likeness (QED) is 0.644. The lowest BCUT2D eigenvalue weighted by Crippen LogP contribution is -2.23. The van der Waals surface area contributed by atoms with Gasteiger partial charge in [-0.05, 0) is 23.8 Å². The summed E-state index contributed by atoms with van der Waals surface area (Å²) in [5.74, 6) is 0. The van der Waals surface area contributed by atoms with Gasteiger partial charge in [-0.15, -0.1) is 0 Å². The third kappa shape index (κ3) is 4.28. The third-order valence-electron chi connectivity index (χ3n) is 3.16. The van der Waals surface area contributed by atoms with Crippen LogP contribution in [0.25, 0.3) is 0 Å². The van der Waals surface area contributed by atoms with Crippen LogP contribution in [-0.2, 0) is 0 Å². The van der Waals surface area contributed by atoms with Crippen LogP contribution in [0.2, 0.25) is 0 Å². The Hall–Kier alpha value is -1.40.